The number of benzene rings is 1. The van der Waals surface area contributed by atoms with Crippen molar-refractivity contribution in [2.24, 2.45) is 5.92 Å². The third-order valence-corrected chi connectivity index (χ3v) is 5.76. The molecule has 27 heavy (non-hydrogen) atoms. The van der Waals surface area contributed by atoms with Gasteiger partial charge in [0.15, 0.2) is 4.77 Å². The highest BCUT2D eigenvalue weighted by Crippen LogP contribution is 2.31. The molecule has 0 spiro atoms. The second-order valence-electron chi connectivity index (χ2n) is 7.55. The number of rotatable bonds is 8. The van der Waals surface area contributed by atoms with E-state index in [4.69, 9.17) is 12.2 Å². The Morgan fingerprint density at radius 2 is 2.04 bits per heavy atom. The highest BCUT2D eigenvalue weighted by Gasteiger charge is 2.22. The molecule has 146 valence electrons. The summed E-state index contributed by atoms with van der Waals surface area (Å²) in [5.74, 6) is 1.53. The molecule has 1 atom stereocenters. The maximum atomic E-state index is 12.8. The van der Waals surface area contributed by atoms with Gasteiger partial charge in [-0.1, -0.05) is 69.4 Å². The molecule has 2 aromatic rings. The zero-order valence-corrected chi connectivity index (χ0v) is 16.9. The molecule has 1 aromatic carbocycles. The third kappa shape index (κ3) is 5.51. The van der Waals surface area contributed by atoms with Crippen LogP contribution in [0.5, 0.6) is 0 Å². The predicted octanol–water partition coefficient (Wildman–Crippen LogP) is 4.72. The van der Waals surface area contributed by atoms with Gasteiger partial charge in [0, 0.05) is 6.42 Å². The van der Waals surface area contributed by atoms with Crippen molar-refractivity contribution < 1.29 is 4.79 Å². The van der Waals surface area contributed by atoms with Gasteiger partial charge in [-0.05, 0) is 36.5 Å². The summed E-state index contributed by atoms with van der Waals surface area (Å²) in [6, 6.07) is 10.4. The topological polar surface area (TPSA) is 62.7 Å². The molecule has 1 heterocycles. The van der Waals surface area contributed by atoms with Crippen LogP contribution in [0, 0.1) is 10.7 Å². The largest absolute Gasteiger partial charge is 0.348 e. The van der Waals surface area contributed by atoms with Gasteiger partial charge in [0.25, 0.3) is 0 Å². The fraction of sp³-hybridized carbons (Fsp3) is 0.571. The number of aryl methyl sites for hydroxylation is 1. The first-order valence-corrected chi connectivity index (χ1v) is 10.6. The van der Waals surface area contributed by atoms with Crippen molar-refractivity contribution in [3.63, 3.8) is 0 Å². The molecule has 6 heteroatoms. The number of aromatic nitrogens is 3. The molecule has 0 aliphatic heterocycles. The van der Waals surface area contributed by atoms with Crippen LogP contribution in [-0.2, 0) is 17.8 Å². The summed E-state index contributed by atoms with van der Waals surface area (Å²) in [6.07, 6.45) is 9.29. The van der Waals surface area contributed by atoms with Crippen molar-refractivity contribution in [1.82, 2.24) is 20.1 Å². The lowest BCUT2D eigenvalue weighted by Gasteiger charge is -2.27. The van der Waals surface area contributed by atoms with Crippen LogP contribution >= 0.6 is 12.2 Å². The zero-order valence-electron chi connectivity index (χ0n) is 16.1. The Morgan fingerprint density at radius 3 is 2.74 bits per heavy atom. The summed E-state index contributed by atoms with van der Waals surface area (Å²) in [6.45, 7) is 2.32. The Balaban J connectivity index is 1.70. The lowest BCUT2D eigenvalue weighted by atomic mass is 9.83. The fourth-order valence-corrected chi connectivity index (χ4v) is 4.25. The van der Waals surface area contributed by atoms with Crippen LogP contribution in [0.15, 0.2) is 30.3 Å². The third-order valence-electron chi connectivity index (χ3n) is 5.44. The van der Waals surface area contributed by atoms with Crippen LogP contribution in [0.1, 0.15) is 69.3 Å². The number of nitrogens with one attached hydrogen (secondary N) is 2. The van der Waals surface area contributed by atoms with E-state index < -0.39 is 0 Å². The van der Waals surface area contributed by atoms with Gasteiger partial charge >= 0.3 is 0 Å². The molecule has 0 saturated heterocycles. The maximum Gasteiger partial charge on any atom is 0.240 e. The van der Waals surface area contributed by atoms with Crippen LogP contribution in [0.3, 0.4) is 0 Å². The number of amides is 1. The second-order valence-corrected chi connectivity index (χ2v) is 7.94. The van der Waals surface area contributed by atoms with Crippen LogP contribution in [0.2, 0.25) is 0 Å². The number of aromatic amines is 1. The molecule has 1 fully saturated rings. The summed E-state index contributed by atoms with van der Waals surface area (Å²) in [5, 5.41) is 10.3. The highest BCUT2D eigenvalue weighted by molar-refractivity contribution is 7.71. The second kappa shape index (κ2) is 9.83. The fourth-order valence-electron chi connectivity index (χ4n) is 4.03. The molecular weight excluding hydrogens is 356 g/mol. The van der Waals surface area contributed by atoms with Crippen molar-refractivity contribution in [3.05, 3.63) is 46.5 Å². The first-order chi connectivity index (χ1) is 13.2. The number of H-pyrrole nitrogens is 1. The molecule has 1 saturated carbocycles. The van der Waals surface area contributed by atoms with E-state index in [1.54, 1.807) is 0 Å². The first-order valence-electron chi connectivity index (χ1n) is 10.2. The summed E-state index contributed by atoms with van der Waals surface area (Å²) in [5.41, 5.74) is 1.18. The number of nitrogens with zero attached hydrogens (tertiary/aromatic N) is 2. The average molecular weight is 387 g/mol. The summed E-state index contributed by atoms with van der Waals surface area (Å²) in [4.78, 5) is 12.8. The number of carbonyl (C=O) groups is 1. The summed E-state index contributed by atoms with van der Waals surface area (Å²) in [7, 11) is 0. The molecule has 0 radical (unpaired) electrons. The van der Waals surface area contributed by atoms with Crippen LogP contribution in [-0.4, -0.2) is 20.7 Å². The molecule has 1 unspecified atom stereocenters. The van der Waals surface area contributed by atoms with Gasteiger partial charge < -0.3 is 5.32 Å². The Hall–Kier alpha value is -1.95. The van der Waals surface area contributed by atoms with Crippen molar-refractivity contribution in [1.29, 1.82) is 0 Å². The number of hydrogen-bond donors (Lipinski definition) is 2. The minimum absolute atomic E-state index is 0.00508. The van der Waals surface area contributed by atoms with Crippen molar-refractivity contribution in [2.45, 2.75) is 70.9 Å². The Labute approximate surface area is 166 Å². The van der Waals surface area contributed by atoms with Crippen molar-refractivity contribution in [3.8, 4) is 0 Å². The lowest BCUT2D eigenvalue weighted by molar-refractivity contribution is -0.122. The number of carbonyl (C=O) groups excluding carboxylic acids is 1. The molecule has 1 aromatic heterocycles. The van der Waals surface area contributed by atoms with Gasteiger partial charge in [0.2, 0.25) is 5.91 Å². The minimum Gasteiger partial charge on any atom is -0.348 e. The Kier molecular flexibility index (Phi) is 7.21. The molecule has 1 aliphatic rings. The predicted molar refractivity (Wildman–Crippen MR) is 110 cm³/mol. The highest BCUT2D eigenvalue weighted by atomic mass is 32.1. The molecule has 1 aliphatic carbocycles. The Morgan fingerprint density at radius 1 is 1.30 bits per heavy atom. The first kappa shape index (κ1) is 19.8. The van der Waals surface area contributed by atoms with Gasteiger partial charge in [-0.2, -0.15) is 5.10 Å². The standard InChI is InChI=1S/C21H30N4OS/c1-2-9-19-23-24-21(27)25(19)15-20(26)22-18(17-12-7-4-8-13-17)14-16-10-5-3-6-11-16/h4,7-8,12-13,16,18H,2-3,5-6,9-11,14-15H2,1H3,(H,22,26)(H,24,27). The lowest BCUT2D eigenvalue weighted by Crippen LogP contribution is -2.33. The van der Waals surface area contributed by atoms with E-state index in [1.165, 1.54) is 37.7 Å². The monoisotopic (exact) mass is 386 g/mol. The van der Waals surface area contributed by atoms with E-state index in [1.807, 2.05) is 22.8 Å². The van der Waals surface area contributed by atoms with E-state index in [0.717, 1.165) is 25.1 Å². The molecule has 0 bridgehead atoms. The molecule has 3 rings (SSSR count). The minimum atomic E-state index is -0.00508. The van der Waals surface area contributed by atoms with E-state index in [2.05, 4.69) is 34.6 Å². The van der Waals surface area contributed by atoms with Gasteiger partial charge in [0.05, 0.1) is 6.04 Å². The van der Waals surface area contributed by atoms with Gasteiger partial charge in [0.1, 0.15) is 12.4 Å². The molecular formula is C21H30N4OS. The molecule has 2 N–H and O–H groups in total. The normalized spacial score (nSPS) is 16.2. The van der Waals surface area contributed by atoms with E-state index in [0.29, 0.717) is 10.7 Å². The van der Waals surface area contributed by atoms with Gasteiger partial charge in [-0.15, -0.1) is 0 Å². The quantitative estimate of drug-likeness (QED) is 0.645. The summed E-state index contributed by atoms with van der Waals surface area (Å²) < 4.78 is 2.33. The SMILES string of the molecule is CCCc1n[nH]c(=S)n1CC(=O)NC(CC1CCCCC1)c1ccccc1. The Bertz CT molecular complexity index is 777. The summed E-state index contributed by atoms with van der Waals surface area (Å²) >= 11 is 5.31. The average Bonchev–Trinajstić information content (AvgIpc) is 3.03. The maximum absolute atomic E-state index is 12.8. The smallest absolute Gasteiger partial charge is 0.240 e. The van der Waals surface area contributed by atoms with Gasteiger partial charge in [-0.25, -0.2) is 0 Å². The zero-order chi connectivity index (χ0) is 19.1. The van der Waals surface area contributed by atoms with Crippen LogP contribution in [0.4, 0.5) is 0 Å². The van der Waals surface area contributed by atoms with Crippen molar-refractivity contribution >= 4 is 18.1 Å². The van der Waals surface area contributed by atoms with Crippen molar-refractivity contribution in [2.75, 3.05) is 0 Å². The number of hydrogen-bond acceptors (Lipinski definition) is 3. The molecule has 1 amide bonds. The van der Waals surface area contributed by atoms with Crippen LogP contribution < -0.4 is 5.32 Å². The molecule has 5 nitrogen and oxygen atoms in total. The van der Waals surface area contributed by atoms with E-state index in [-0.39, 0.29) is 18.5 Å². The van der Waals surface area contributed by atoms with Gasteiger partial charge in [-0.3, -0.25) is 14.5 Å². The van der Waals surface area contributed by atoms with E-state index in [9.17, 15) is 4.79 Å². The van der Waals surface area contributed by atoms with E-state index >= 15 is 0 Å². The van der Waals surface area contributed by atoms with Crippen LogP contribution in [0.25, 0.3) is 0 Å².